The van der Waals surface area contributed by atoms with Gasteiger partial charge >= 0.3 is 0 Å². The molecule has 0 radical (unpaired) electrons. The van der Waals surface area contributed by atoms with Gasteiger partial charge in [-0.05, 0) is 24.5 Å². The second-order valence-electron chi connectivity index (χ2n) is 5.75. The summed E-state index contributed by atoms with van der Waals surface area (Å²) in [6.07, 6.45) is 4.52. The maximum Gasteiger partial charge on any atom is 0.0951 e. The first kappa shape index (κ1) is 13.5. The second kappa shape index (κ2) is 5.52. The van der Waals surface area contributed by atoms with Crippen molar-refractivity contribution in [1.82, 2.24) is 15.5 Å². The molecular formula is C15H21N3O2. The number of aromatic amines is 1. The highest BCUT2D eigenvalue weighted by atomic mass is 16.3. The van der Waals surface area contributed by atoms with Crippen LogP contribution in [0.5, 0.6) is 0 Å². The number of hydrogen-bond acceptors (Lipinski definition) is 4. The van der Waals surface area contributed by atoms with Crippen molar-refractivity contribution in [2.75, 3.05) is 6.54 Å². The molecule has 1 atom stereocenters. The average Bonchev–Trinajstić information content (AvgIpc) is 3.07. The van der Waals surface area contributed by atoms with E-state index in [4.69, 9.17) is 0 Å². The molecule has 1 fully saturated rings. The predicted octanol–water partition coefficient (Wildman–Crippen LogP) is 1.32. The Kier molecular flexibility index (Phi) is 3.74. The Morgan fingerprint density at radius 3 is 2.95 bits per heavy atom. The normalized spacial score (nSPS) is 19.5. The lowest BCUT2D eigenvalue weighted by Gasteiger charge is -2.28. The second-order valence-corrected chi connectivity index (χ2v) is 5.75. The Hall–Kier alpha value is -1.43. The lowest BCUT2D eigenvalue weighted by Crippen LogP contribution is -2.45. The van der Waals surface area contributed by atoms with Gasteiger partial charge in [0.2, 0.25) is 0 Å². The number of aliphatic hydroxyl groups is 2. The molecule has 2 aromatic rings. The van der Waals surface area contributed by atoms with Crippen LogP contribution in [0.4, 0.5) is 0 Å². The van der Waals surface area contributed by atoms with Crippen molar-refractivity contribution in [3.63, 3.8) is 0 Å². The first-order valence-corrected chi connectivity index (χ1v) is 7.21. The largest absolute Gasteiger partial charge is 0.389 e. The zero-order chi connectivity index (χ0) is 14.0. The quantitative estimate of drug-likeness (QED) is 0.663. The Balaban J connectivity index is 1.54. The molecule has 1 aromatic heterocycles. The van der Waals surface area contributed by atoms with Gasteiger partial charge in [0, 0.05) is 18.5 Å². The summed E-state index contributed by atoms with van der Waals surface area (Å²) >= 11 is 0. The van der Waals surface area contributed by atoms with Crippen LogP contribution in [-0.4, -0.2) is 38.7 Å². The van der Waals surface area contributed by atoms with Gasteiger partial charge in [-0.3, -0.25) is 5.10 Å². The van der Waals surface area contributed by atoms with Crippen LogP contribution < -0.4 is 5.32 Å². The third-order valence-electron chi connectivity index (χ3n) is 4.26. The number of hydrogen-bond donors (Lipinski definition) is 4. The standard InChI is InChI=1S/C15H21N3O2/c19-14(15(20)5-1-2-6-15)10-16-8-11-3-4-12-9-17-18-13(12)7-11/h3-4,7,9,14,16,19-20H,1-2,5-6,8,10H2,(H,17,18). The summed E-state index contributed by atoms with van der Waals surface area (Å²) < 4.78 is 0. The molecule has 1 aliphatic carbocycles. The number of aromatic nitrogens is 2. The van der Waals surface area contributed by atoms with E-state index >= 15 is 0 Å². The van der Waals surface area contributed by atoms with E-state index in [-0.39, 0.29) is 0 Å². The molecule has 0 saturated heterocycles. The minimum atomic E-state index is -0.889. The molecule has 1 aliphatic rings. The molecule has 20 heavy (non-hydrogen) atoms. The fourth-order valence-electron chi connectivity index (χ4n) is 2.96. The zero-order valence-corrected chi connectivity index (χ0v) is 11.5. The van der Waals surface area contributed by atoms with E-state index in [2.05, 4.69) is 15.5 Å². The summed E-state index contributed by atoms with van der Waals surface area (Å²) in [6.45, 7) is 1.08. The predicted molar refractivity (Wildman–Crippen MR) is 77.2 cm³/mol. The van der Waals surface area contributed by atoms with Gasteiger partial charge in [-0.15, -0.1) is 0 Å². The first-order chi connectivity index (χ1) is 9.67. The average molecular weight is 275 g/mol. The summed E-state index contributed by atoms with van der Waals surface area (Å²) in [5.74, 6) is 0. The maximum absolute atomic E-state index is 10.3. The molecule has 1 aromatic carbocycles. The summed E-state index contributed by atoms with van der Waals surface area (Å²) in [6, 6.07) is 6.12. The summed E-state index contributed by atoms with van der Waals surface area (Å²) in [7, 11) is 0. The van der Waals surface area contributed by atoms with E-state index in [0.29, 0.717) is 25.9 Å². The molecule has 1 heterocycles. The van der Waals surface area contributed by atoms with Gasteiger partial charge < -0.3 is 15.5 Å². The Morgan fingerprint density at radius 1 is 1.35 bits per heavy atom. The van der Waals surface area contributed by atoms with Crippen LogP contribution >= 0.6 is 0 Å². The van der Waals surface area contributed by atoms with Crippen molar-refractivity contribution in [2.24, 2.45) is 0 Å². The number of nitrogens with zero attached hydrogens (tertiary/aromatic N) is 1. The van der Waals surface area contributed by atoms with Crippen LogP contribution in [0.2, 0.25) is 0 Å². The van der Waals surface area contributed by atoms with Crippen molar-refractivity contribution in [3.05, 3.63) is 30.0 Å². The van der Waals surface area contributed by atoms with Crippen LogP contribution in [0.1, 0.15) is 31.2 Å². The van der Waals surface area contributed by atoms with E-state index in [9.17, 15) is 10.2 Å². The van der Waals surface area contributed by atoms with Crippen molar-refractivity contribution in [1.29, 1.82) is 0 Å². The highest BCUT2D eigenvalue weighted by Gasteiger charge is 2.37. The molecule has 0 aliphatic heterocycles. The third-order valence-corrected chi connectivity index (χ3v) is 4.26. The molecule has 4 N–H and O–H groups in total. The van der Waals surface area contributed by atoms with Gasteiger partial charge in [-0.2, -0.15) is 5.10 Å². The van der Waals surface area contributed by atoms with Gasteiger partial charge in [-0.25, -0.2) is 0 Å². The highest BCUT2D eigenvalue weighted by molar-refractivity contribution is 5.78. The van der Waals surface area contributed by atoms with Crippen molar-refractivity contribution in [2.45, 2.75) is 43.9 Å². The fraction of sp³-hybridized carbons (Fsp3) is 0.533. The third kappa shape index (κ3) is 2.70. The Morgan fingerprint density at radius 2 is 2.15 bits per heavy atom. The smallest absolute Gasteiger partial charge is 0.0951 e. The Labute approximate surface area is 118 Å². The van der Waals surface area contributed by atoms with Crippen molar-refractivity contribution >= 4 is 10.9 Å². The van der Waals surface area contributed by atoms with Crippen LogP contribution in [0.25, 0.3) is 10.9 Å². The molecule has 3 rings (SSSR count). The van der Waals surface area contributed by atoms with E-state index in [0.717, 1.165) is 29.3 Å². The first-order valence-electron chi connectivity index (χ1n) is 7.21. The number of fused-ring (bicyclic) bond motifs is 1. The van der Waals surface area contributed by atoms with Gasteiger partial charge in [0.05, 0.1) is 23.4 Å². The van der Waals surface area contributed by atoms with Crippen molar-refractivity contribution < 1.29 is 10.2 Å². The maximum atomic E-state index is 10.3. The molecule has 1 unspecified atom stereocenters. The molecular weight excluding hydrogens is 254 g/mol. The number of rotatable bonds is 5. The molecule has 0 amide bonds. The number of benzene rings is 1. The summed E-state index contributed by atoms with van der Waals surface area (Å²) in [5.41, 5.74) is 1.26. The monoisotopic (exact) mass is 275 g/mol. The number of aliphatic hydroxyl groups excluding tert-OH is 1. The fourth-order valence-corrected chi connectivity index (χ4v) is 2.96. The Bertz CT molecular complexity index is 575. The molecule has 0 bridgehead atoms. The molecule has 1 saturated carbocycles. The topological polar surface area (TPSA) is 81.2 Å². The van der Waals surface area contributed by atoms with E-state index in [1.54, 1.807) is 6.20 Å². The minimum Gasteiger partial charge on any atom is -0.389 e. The zero-order valence-electron chi connectivity index (χ0n) is 11.5. The summed E-state index contributed by atoms with van der Waals surface area (Å²) in [4.78, 5) is 0. The SMILES string of the molecule is OC(CNCc1ccc2cn[nH]c2c1)C1(O)CCCC1. The van der Waals surface area contributed by atoms with Gasteiger partial charge in [-0.1, -0.05) is 25.0 Å². The van der Waals surface area contributed by atoms with Crippen molar-refractivity contribution in [3.8, 4) is 0 Å². The van der Waals surface area contributed by atoms with Crippen LogP contribution in [0.3, 0.4) is 0 Å². The van der Waals surface area contributed by atoms with Crippen LogP contribution in [0.15, 0.2) is 24.4 Å². The van der Waals surface area contributed by atoms with Gasteiger partial charge in [0.15, 0.2) is 0 Å². The number of H-pyrrole nitrogens is 1. The van der Waals surface area contributed by atoms with E-state index in [1.807, 2.05) is 18.2 Å². The lowest BCUT2D eigenvalue weighted by molar-refractivity contribution is -0.0681. The lowest BCUT2D eigenvalue weighted by atomic mass is 9.95. The molecule has 0 spiro atoms. The molecule has 5 heteroatoms. The van der Waals surface area contributed by atoms with Gasteiger partial charge in [0.25, 0.3) is 0 Å². The highest BCUT2D eigenvalue weighted by Crippen LogP contribution is 2.32. The minimum absolute atomic E-state index is 0.414. The summed E-state index contributed by atoms with van der Waals surface area (Å²) in [5, 5.41) is 31.6. The van der Waals surface area contributed by atoms with Crippen LogP contribution in [0, 0.1) is 0 Å². The molecule has 108 valence electrons. The van der Waals surface area contributed by atoms with E-state index < -0.39 is 11.7 Å². The number of nitrogens with one attached hydrogen (secondary N) is 2. The molecule has 5 nitrogen and oxygen atoms in total. The van der Waals surface area contributed by atoms with Crippen LogP contribution in [-0.2, 0) is 6.54 Å². The van der Waals surface area contributed by atoms with E-state index in [1.165, 1.54) is 0 Å². The van der Waals surface area contributed by atoms with Gasteiger partial charge in [0.1, 0.15) is 0 Å².